The van der Waals surface area contributed by atoms with Gasteiger partial charge < -0.3 is 16.2 Å². The molecule has 0 radical (unpaired) electrons. The molecule has 0 spiro atoms. The van der Waals surface area contributed by atoms with Crippen LogP contribution >= 0.6 is 0 Å². The Labute approximate surface area is 118 Å². The largest absolute Gasteiger partial charge is 0.396 e. The summed E-state index contributed by atoms with van der Waals surface area (Å²) >= 11 is 0. The Kier molecular flexibility index (Phi) is 14.7. The second kappa shape index (κ2) is 15.3. The van der Waals surface area contributed by atoms with Gasteiger partial charge in [-0.05, 0) is 19.3 Å². The average molecular weight is 271 g/mol. The van der Waals surface area contributed by atoms with Crippen LogP contribution < -0.4 is 11.1 Å². The molecular formula is C15H33N3O. The second-order valence-corrected chi connectivity index (χ2v) is 5.10. The molecule has 0 heterocycles. The number of hydrogen-bond donors (Lipinski definition) is 3. The first-order valence-electron chi connectivity index (χ1n) is 7.96. The van der Waals surface area contributed by atoms with Gasteiger partial charge in [0, 0.05) is 19.7 Å². The van der Waals surface area contributed by atoms with Gasteiger partial charge in [-0.2, -0.15) is 0 Å². The van der Waals surface area contributed by atoms with Crippen LogP contribution in [0.15, 0.2) is 4.99 Å². The number of nitrogens with two attached hydrogens (primary N) is 1. The van der Waals surface area contributed by atoms with Gasteiger partial charge in [0.1, 0.15) is 0 Å². The fourth-order valence-electron chi connectivity index (χ4n) is 1.95. The van der Waals surface area contributed by atoms with Gasteiger partial charge in [-0.25, -0.2) is 0 Å². The molecule has 0 aliphatic heterocycles. The van der Waals surface area contributed by atoms with Gasteiger partial charge in [-0.15, -0.1) is 0 Å². The van der Waals surface area contributed by atoms with Gasteiger partial charge in [0.05, 0.1) is 0 Å². The summed E-state index contributed by atoms with van der Waals surface area (Å²) in [6, 6.07) is 0. The fraction of sp³-hybridized carbons (Fsp3) is 0.933. The molecule has 0 aliphatic rings. The summed E-state index contributed by atoms with van der Waals surface area (Å²) in [4.78, 5) is 4.32. The van der Waals surface area contributed by atoms with E-state index in [0.29, 0.717) is 12.6 Å². The molecule has 0 amide bonds. The van der Waals surface area contributed by atoms with Crippen LogP contribution in [0.25, 0.3) is 0 Å². The monoisotopic (exact) mass is 271 g/mol. The number of aliphatic hydroxyl groups is 1. The lowest BCUT2D eigenvalue weighted by atomic mass is 10.1. The summed E-state index contributed by atoms with van der Waals surface area (Å²) in [7, 11) is 0. The van der Waals surface area contributed by atoms with Crippen molar-refractivity contribution in [3.8, 4) is 0 Å². The molecule has 0 aromatic rings. The van der Waals surface area contributed by atoms with E-state index in [9.17, 15) is 0 Å². The molecule has 0 saturated carbocycles. The van der Waals surface area contributed by atoms with Crippen molar-refractivity contribution in [2.75, 3.05) is 19.7 Å². The van der Waals surface area contributed by atoms with E-state index in [2.05, 4.69) is 17.2 Å². The van der Waals surface area contributed by atoms with Crippen molar-refractivity contribution in [2.24, 2.45) is 10.7 Å². The summed E-state index contributed by atoms with van der Waals surface area (Å²) in [6.45, 7) is 4.27. The summed E-state index contributed by atoms with van der Waals surface area (Å²) in [5, 5.41) is 11.8. The Morgan fingerprint density at radius 3 is 2.32 bits per heavy atom. The van der Waals surface area contributed by atoms with Crippen LogP contribution in [0.5, 0.6) is 0 Å². The van der Waals surface area contributed by atoms with Gasteiger partial charge in [-0.1, -0.05) is 51.9 Å². The van der Waals surface area contributed by atoms with E-state index in [1.807, 2.05) is 0 Å². The Balaban J connectivity index is 3.25. The van der Waals surface area contributed by atoms with Crippen molar-refractivity contribution < 1.29 is 5.11 Å². The highest BCUT2D eigenvalue weighted by molar-refractivity contribution is 5.77. The topological polar surface area (TPSA) is 70.6 Å². The number of aliphatic hydroxyl groups excluding tert-OH is 1. The minimum absolute atomic E-state index is 0.301. The lowest BCUT2D eigenvalue weighted by Gasteiger charge is -2.05. The van der Waals surface area contributed by atoms with Crippen LogP contribution in [0.2, 0.25) is 0 Å². The molecule has 19 heavy (non-hydrogen) atoms. The molecule has 4 N–H and O–H groups in total. The highest BCUT2D eigenvalue weighted by Crippen LogP contribution is 2.04. The molecule has 0 aliphatic carbocycles. The van der Waals surface area contributed by atoms with Gasteiger partial charge in [0.25, 0.3) is 0 Å². The Hall–Kier alpha value is -0.770. The van der Waals surface area contributed by atoms with Crippen LogP contribution in [0.3, 0.4) is 0 Å². The highest BCUT2D eigenvalue weighted by atomic mass is 16.2. The molecular weight excluding hydrogens is 238 g/mol. The quantitative estimate of drug-likeness (QED) is 0.274. The number of rotatable bonds is 13. The van der Waals surface area contributed by atoms with Crippen LogP contribution in [0.4, 0.5) is 0 Å². The lowest BCUT2D eigenvalue weighted by molar-refractivity contribution is 0.282. The molecule has 0 fully saturated rings. The number of nitrogens with one attached hydrogen (secondary N) is 1. The fourth-order valence-corrected chi connectivity index (χ4v) is 1.95. The van der Waals surface area contributed by atoms with Gasteiger partial charge in [-0.3, -0.25) is 4.99 Å². The number of unbranched alkanes of at least 4 members (excludes halogenated alkanes) is 8. The predicted octanol–water partition coefficient (Wildman–Crippen LogP) is 2.80. The molecule has 0 unspecified atom stereocenters. The Bertz CT molecular complexity index is 208. The van der Waals surface area contributed by atoms with Gasteiger partial charge in [0.2, 0.25) is 0 Å². The molecule has 0 aromatic carbocycles. The number of guanidine groups is 1. The van der Waals surface area contributed by atoms with Crippen LogP contribution in [-0.2, 0) is 0 Å². The third-order valence-corrected chi connectivity index (χ3v) is 3.18. The summed E-state index contributed by atoms with van der Waals surface area (Å²) in [5.74, 6) is 0.579. The third-order valence-electron chi connectivity index (χ3n) is 3.18. The van der Waals surface area contributed by atoms with Gasteiger partial charge in [0.15, 0.2) is 5.96 Å². The third kappa shape index (κ3) is 15.2. The van der Waals surface area contributed by atoms with Crippen LogP contribution in [-0.4, -0.2) is 30.8 Å². The van der Waals surface area contributed by atoms with E-state index >= 15 is 0 Å². The minimum atomic E-state index is 0.301. The maximum Gasteiger partial charge on any atom is 0.188 e. The van der Waals surface area contributed by atoms with Crippen LogP contribution in [0, 0.1) is 0 Å². The number of hydrogen-bond acceptors (Lipinski definition) is 2. The molecule has 0 atom stereocenters. The first-order chi connectivity index (χ1) is 9.31. The number of nitrogens with zero attached hydrogens (tertiary/aromatic N) is 1. The zero-order valence-corrected chi connectivity index (χ0v) is 12.7. The van der Waals surface area contributed by atoms with E-state index in [1.54, 1.807) is 0 Å². The number of aliphatic imine (C=N–C) groups is 1. The molecule has 0 bridgehead atoms. The van der Waals surface area contributed by atoms with Crippen LogP contribution in [0.1, 0.15) is 71.1 Å². The van der Waals surface area contributed by atoms with Crippen molar-refractivity contribution in [1.29, 1.82) is 0 Å². The molecule has 0 rings (SSSR count). The van der Waals surface area contributed by atoms with Crippen molar-refractivity contribution in [2.45, 2.75) is 71.1 Å². The van der Waals surface area contributed by atoms with E-state index in [4.69, 9.17) is 10.8 Å². The highest BCUT2D eigenvalue weighted by Gasteiger charge is 1.93. The standard InChI is InChI=1S/C15H33N3O/c1-2-3-4-5-6-9-12-17-15(16)18-13-10-7-8-11-14-19/h19H,2-14H2,1H3,(H3,16,17,18). The second-order valence-electron chi connectivity index (χ2n) is 5.10. The SMILES string of the molecule is CCCCCCCCN=C(N)NCCCCCCO. The first-order valence-corrected chi connectivity index (χ1v) is 7.96. The Morgan fingerprint density at radius 2 is 1.58 bits per heavy atom. The minimum Gasteiger partial charge on any atom is -0.396 e. The predicted molar refractivity (Wildman–Crippen MR) is 83.4 cm³/mol. The van der Waals surface area contributed by atoms with Crippen molar-refractivity contribution in [3.05, 3.63) is 0 Å². The summed E-state index contributed by atoms with van der Waals surface area (Å²) < 4.78 is 0. The molecule has 114 valence electrons. The molecule has 0 saturated heterocycles. The summed E-state index contributed by atoms with van der Waals surface area (Å²) in [6.07, 6.45) is 11.9. The van der Waals surface area contributed by atoms with E-state index in [0.717, 1.165) is 45.2 Å². The van der Waals surface area contributed by atoms with Gasteiger partial charge >= 0.3 is 0 Å². The molecule has 0 aromatic heterocycles. The summed E-state index contributed by atoms with van der Waals surface area (Å²) in [5.41, 5.74) is 5.78. The van der Waals surface area contributed by atoms with Crippen molar-refractivity contribution in [3.63, 3.8) is 0 Å². The van der Waals surface area contributed by atoms with Crippen molar-refractivity contribution in [1.82, 2.24) is 5.32 Å². The maximum atomic E-state index is 8.64. The molecule has 4 nitrogen and oxygen atoms in total. The van der Waals surface area contributed by atoms with E-state index in [1.165, 1.54) is 32.1 Å². The van der Waals surface area contributed by atoms with E-state index in [-0.39, 0.29) is 0 Å². The zero-order valence-electron chi connectivity index (χ0n) is 12.7. The zero-order chi connectivity index (χ0) is 14.2. The Morgan fingerprint density at radius 1 is 0.947 bits per heavy atom. The average Bonchev–Trinajstić information content (AvgIpc) is 2.41. The lowest BCUT2D eigenvalue weighted by Crippen LogP contribution is -2.32. The maximum absolute atomic E-state index is 8.64. The molecule has 4 heteroatoms. The van der Waals surface area contributed by atoms with E-state index < -0.39 is 0 Å². The normalized spacial score (nSPS) is 11.8. The first kappa shape index (κ1) is 18.2. The van der Waals surface area contributed by atoms with Crippen molar-refractivity contribution >= 4 is 5.96 Å². The smallest absolute Gasteiger partial charge is 0.188 e.